The molecule has 0 spiro atoms. The fourth-order valence-electron chi connectivity index (χ4n) is 14.9. The van der Waals surface area contributed by atoms with Gasteiger partial charge in [0.1, 0.15) is 19.0 Å². The summed E-state index contributed by atoms with van der Waals surface area (Å²) >= 11 is 1.42. The molecule has 3 aromatic heterocycles. The number of unbranched alkanes of at least 4 members (excludes halogenated alkanes) is 1. The highest BCUT2D eigenvalue weighted by Gasteiger charge is 2.66. The second-order valence-electron chi connectivity index (χ2n) is 24.7. The van der Waals surface area contributed by atoms with Crippen LogP contribution < -0.4 is 15.5 Å². The van der Waals surface area contributed by atoms with Gasteiger partial charge in [-0.1, -0.05) is 67.6 Å². The number of hydrogen-bond acceptors (Lipinski definition) is 15. The maximum atomic E-state index is 13.8. The summed E-state index contributed by atoms with van der Waals surface area (Å²) in [6, 6.07) is 26.0. The number of aromatic carboxylic acids is 1. The zero-order valence-electron chi connectivity index (χ0n) is 48.2. The van der Waals surface area contributed by atoms with Crippen molar-refractivity contribution in [1.29, 1.82) is 0 Å². The quantitative estimate of drug-likeness (QED) is 0.0284. The highest BCUT2D eigenvalue weighted by molar-refractivity contribution is 7.22. The average Bonchev–Trinajstić information content (AvgIpc) is 1.05. The van der Waals surface area contributed by atoms with Gasteiger partial charge in [-0.3, -0.25) is 34.1 Å². The van der Waals surface area contributed by atoms with Crippen LogP contribution in [0.2, 0.25) is 0 Å². The number of aliphatic hydroxyl groups excluding tert-OH is 2. The van der Waals surface area contributed by atoms with Gasteiger partial charge < -0.3 is 39.9 Å². The first-order chi connectivity index (χ1) is 40.8. The third-order valence-corrected chi connectivity index (χ3v) is 18.6. The number of imide groups is 1. The van der Waals surface area contributed by atoms with E-state index in [2.05, 4.69) is 35.5 Å². The molecule has 12 rings (SSSR count). The number of aryl methyl sites for hydroxylation is 1. The third kappa shape index (κ3) is 13.0. The number of anilines is 2. The van der Waals surface area contributed by atoms with E-state index in [-0.39, 0.29) is 67.1 Å². The Bertz CT molecular complexity index is 3510. The normalized spacial score (nSPS) is 22.5. The Morgan fingerprint density at radius 2 is 1.68 bits per heavy atom. The smallest absolute Gasteiger partial charge is 0.410 e. The molecule has 5 amide bonds. The zero-order valence-corrected chi connectivity index (χ0v) is 49.0. The lowest BCUT2D eigenvalue weighted by atomic mass is 9.39. The van der Waals surface area contributed by atoms with Gasteiger partial charge in [-0.05, 0) is 152 Å². The predicted molar refractivity (Wildman–Crippen MR) is 318 cm³/mol. The Morgan fingerprint density at radius 1 is 0.894 bits per heavy atom. The lowest BCUT2D eigenvalue weighted by molar-refractivity contribution is -0.248. The standard InChI is InChI=1S/C64H72N9O11S/c1-41-48(46-18-19-52(68-56(46)58(80)81)71-25-22-44-10-8-11-47(49(44)30-71)57(79)69-59-67-50-12-4-5-13-51(50)85-59)29-66-73(41)40-63-35-61(2)34-62(3,36-63)38-64(37-61,39-63)84-28-27-70(26-23-45(75)32-74)60(82)83-33-43-16-14-42(15-17-43)9-6-7-24-65-53(76)31-72-54(77)20-21-55(72)78/h4-5,8,10-16,18-21,29,45,74-75H,6-7,9,22-28,30-40H2,1-3H3,(H,65,76)(H,80,81)(H,67,69,79)/t45-,61?,62?,63?,64?/m0/s1. The first-order valence-electron chi connectivity index (χ1n) is 29.2. The number of carboxylic acids is 1. The van der Waals surface area contributed by atoms with Gasteiger partial charge in [0.05, 0.1) is 41.3 Å². The molecule has 5 heterocycles. The highest BCUT2D eigenvalue weighted by Crippen LogP contribution is 2.72. The van der Waals surface area contributed by atoms with Crippen molar-refractivity contribution >= 4 is 68.2 Å². The van der Waals surface area contributed by atoms with Gasteiger partial charge in [0.25, 0.3) is 17.7 Å². The Labute approximate surface area is 497 Å². The number of carboxylic acid groups (broad SMARTS) is 1. The minimum absolute atomic E-state index is 0.00853. The van der Waals surface area contributed by atoms with Crippen LogP contribution in [-0.2, 0) is 56.4 Å². The second-order valence-corrected chi connectivity index (χ2v) is 25.8. The van der Waals surface area contributed by atoms with E-state index < -0.39 is 48.1 Å². The molecule has 4 fully saturated rings. The molecule has 85 heavy (non-hydrogen) atoms. The van der Waals surface area contributed by atoms with Crippen LogP contribution in [-0.4, -0.2) is 138 Å². The lowest BCUT2D eigenvalue weighted by Crippen LogP contribution is -2.64. The minimum atomic E-state index is -1.15. The molecule has 6 aromatic rings. The summed E-state index contributed by atoms with van der Waals surface area (Å²) in [5.41, 5.74) is 6.24. The number of nitrogens with one attached hydrogen (secondary N) is 2. The van der Waals surface area contributed by atoms with Crippen molar-refractivity contribution in [3.8, 4) is 11.1 Å². The SMILES string of the molecule is Cc1c(-c2ccc(N3CCc4cccc(C(=O)Nc5nc6ccccc6s5)c4C3)nc2C(=O)O)cnn1CC12CC3(C)CC(C)(C1)CC(OCCN(CC[C@H](O)CO)C(=O)OCc1[c]cc(CCCCNC(=O)CN4C(=O)C=CC4=O)cc1)(C3)C2. The second kappa shape index (κ2) is 24.3. The fraction of sp³-hybridized carbons (Fsp3) is 0.453. The first kappa shape index (κ1) is 58.9. The van der Waals surface area contributed by atoms with Crippen LogP contribution in [0.15, 0.2) is 91.1 Å². The van der Waals surface area contributed by atoms with Gasteiger partial charge >= 0.3 is 12.1 Å². The summed E-state index contributed by atoms with van der Waals surface area (Å²) < 4.78 is 15.9. The predicted octanol–water partition coefficient (Wildman–Crippen LogP) is 8.06. The van der Waals surface area contributed by atoms with Gasteiger partial charge in [0, 0.05) is 73.8 Å². The number of benzene rings is 3. The molecule has 0 saturated heterocycles. The van der Waals surface area contributed by atoms with Crippen LogP contribution in [0.5, 0.6) is 0 Å². The Balaban J connectivity index is 0.710. The van der Waals surface area contributed by atoms with E-state index in [1.807, 2.05) is 89.3 Å². The molecular weight excluding hydrogens is 1100 g/mol. The number of pyridine rings is 1. The largest absolute Gasteiger partial charge is 0.476 e. The van der Waals surface area contributed by atoms with Crippen LogP contribution in [0.25, 0.3) is 21.3 Å². The highest BCUT2D eigenvalue weighted by atomic mass is 32.1. The number of carbonyl (C=O) groups is 6. The number of para-hydroxylation sites is 1. The Morgan fingerprint density at radius 3 is 2.42 bits per heavy atom. The third-order valence-electron chi connectivity index (χ3n) is 17.6. The Hall–Kier alpha value is -7.85. The number of thiazole rings is 1. The van der Waals surface area contributed by atoms with Crippen molar-refractivity contribution in [3.05, 3.63) is 136 Å². The van der Waals surface area contributed by atoms with Gasteiger partial charge in [-0.15, -0.1) is 0 Å². The number of hydrogen-bond donors (Lipinski definition) is 5. The molecule has 5 N–H and O–H groups in total. The van der Waals surface area contributed by atoms with Crippen molar-refractivity contribution in [2.75, 3.05) is 56.2 Å². The van der Waals surface area contributed by atoms with Crippen LogP contribution in [0.3, 0.4) is 0 Å². The number of aromatic nitrogens is 4. The molecule has 20 nitrogen and oxygen atoms in total. The van der Waals surface area contributed by atoms with Gasteiger partial charge in [-0.25, -0.2) is 19.6 Å². The van der Waals surface area contributed by atoms with E-state index in [0.29, 0.717) is 72.2 Å². The Kier molecular flexibility index (Phi) is 16.8. The molecule has 4 aliphatic carbocycles. The van der Waals surface area contributed by atoms with Gasteiger partial charge in [0.15, 0.2) is 10.8 Å². The van der Waals surface area contributed by atoms with E-state index in [0.717, 1.165) is 101 Å². The monoisotopic (exact) mass is 1170 g/mol. The minimum Gasteiger partial charge on any atom is -0.476 e. The number of carbonyl (C=O) groups excluding carboxylic acids is 5. The summed E-state index contributed by atoms with van der Waals surface area (Å²) in [4.78, 5) is 90.2. The number of nitrogens with zero attached hydrogens (tertiary/aromatic N) is 7. The maximum Gasteiger partial charge on any atom is 0.410 e. The van der Waals surface area contributed by atoms with E-state index >= 15 is 0 Å². The molecule has 1 radical (unpaired) electrons. The maximum absolute atomic E-state index is 13.8. The molecule has 4 bridgehead atoms. The van der Waals surface area contributed by atoms with Crippen molar-refractivity contribution in [2.45, 2.75) is 123 Å². The number of ether oxygens (including phenoxy) is 2. The van der Waals surface area contributed by atoms with Crippen LogP contribution >= 0.6 is 11.3 Å². The topological polar surface area (TPSA) is 259 Å². The molecule has 21 heteroatoms. The van der Waals surface area contributed by atoms with Gasteiger partial charge in [-0.2, -0.15) is 5.10 Å². The molecule has 3 aromatic carbocycles. The summed E-state index contributed by atoms with van der Waals surface area (Å²) in [5, 5.41) is 41.9. The fourth-order valence-corrected chi connectivity index (χ4v) is 15.8. The molecule has 2 unspecified atom stereocenters. The molecular formula is C64H72N9O11S. The summed E-state index contributed by atoms with van der Waals surface area (Å²) in [7, 11) is 0. The van der Waals surface area contributed by atoms with Gasteiger partial charge in [0.2, 0.25) is 5.91 Å². The first-order valence-corrected chi connectivity index (χ1v) is 30.1. The number of fused-ring (bicyclic) bond motifs is 2. The van der Waals surface area contributed by atoms with Crippen molar-refractivity contribution in [3.63, 3.8) is 0 Å². The van der Waals surface area contributed by atoms with Crippen LogP contribution in [0.1, 0.15) is 120 Å². The summed E-state index contributed by atoms with van der Waals surface area (Å²) in [6.45, 7) is 8.52. The van der Waals surface area contributed by atoms with E-state index in [1.54, 1.807) is 6.20 Å². The summed E-state index contributed by atoms with van der Waals surface area (Å²) in [6.07, 6.45) is 11.0. The molecule has 445 valence electrons. The van der Waals surface area contributed by atoms with Crippen molar-refractivity contribution in [1.82, 2.24) is 34.9 Å². The van der Waals surface area contributed by atoms with E-state index in [1.165, 1.54) is 16.2 Å². The average molecular weight is 1180 g/mol. The van der Waals surface area contributed by atoms with Crippen molar-refractivity contribution < 1.29 is 53.6 Å². The van der Waals surface area contributed by atoms with Crippen LogP contribution in [0.4, 0.5) is 15.7 Å². The molecule has 3 atom stereocenters. The molecule has 4 saturated carbocycles. The van der Waals surface area contributed by atoms with E-state index in [4.69, 9.17) is 19.6 Å². The zero-order chi connectivity index (χ0) is 59.7. The number of amides is 5. The molecule has 2 aliphatic heterocycles. The summed E-state index contributed by atoms with van der Waals surface area (Å²) in [5.74, 6) is -2.30. The lowest BCUT2D eigenvalue weighted by Gasteiger charge is -2.69. The molecule has 6 aliphatic rings. The van der Waals surface area contributed by atoms with Crippen LogP contribution in [0, 0.1) is 29.2 Å². The van der Waals surface area contributed by atoms with Crippen molar-refractivity contribution in [2.24, 2.45) is 16.2 Å². The number of rotatable bonds is 24. The van der Waals surface area contributed by atoms with E-state index in [9.17, 15) is 44.1 Å². The number of aliphatic hydroxyl groups is 2.